The van der Waals surface area contributed by atoms with Crippen molar-refractivity contribution in [1.82, 2.24) is 14.7 Å². The summed E-state index contributed by atoms with van der Waals surface area (Å²) < 4.78 is 1.91. The average molecular weight is 321 g/mol. The third kappa shape index (κ3) is 4.56. The van der Waals surface area contributed by atoms with Crippen molar-refractivity contribution in [1.29, 1.82) is 0 Å². The Labute approximate surface area is 137 Å². The predicted molar refractivity (Wildman–Crippen MR) is 87.4 cm³/mol. The fourth-order valence-electron chi connectivity index (χ4n) is 3.17. The maximum Gasteiger partial charge on any atom is 0.303 e. The number of carboxylic acid groups (broad SMARTS) is 1. The lowest BCUT2D eigenvalue weighted by molar-refractivity contribution is -0.137. The minimum absolute atomic E-state index is 0.0327. The zero-order valence-electron chi connectivity index (χ0n) is 14.1. The molecule has 1 saturated heterocycles. The highest BCUT2D eigenvalue weighted by molar-refractivity contribution is 5.95. The first-order valence-corrected chi connectivity index (χ1v) is 8.56. The fraction of sp³-hybridized carbons (Fsp3) is 0.706. The van der Waals surface area contributed by atoms with Crippen LogP contribution in [-0.2, 0) is 11.3 Å². The van der Waals surface area contributed by atoms with Gasteiger partial charge in [0.2, 0.25) is 0 Å². The van der Waals surface area contributed by atoms with Gasteiger partial charge in [-0.1, -0.05) is 13.3 Å². The molecule has 6 heteroatoms. The summed E-state index contributed by atoms with van der Waals surface area (Å²) in [6, 6.07) is 0. The summed E-state index contributed by atoms with van der Waals surface area (Å²) in [5.41, 5.74) is 1.61. The summed E-state index contributed by atoms with van der Waals surface area (Å²) in [7, 11) is 0. The molecule has 0 bridgehead atoms. The molecule has 1 aromatic heterocycles. The summed E-state index contributed by atoms with van der Waals surface area (Å²) in [5.74, 6) is -0.439. The van der Waals surface area contributed by atoms with Gasteiger partial charge in [-0.3, -0.25) is 14.3 Å². The Kier molecular flexibility index (Phi) is 6.19. The average Bonchev–Trinajstić information content (AvgIpc) is 2.91. The number of carbonyl (C=O) groups excluding carboxylic acids is 1. The molecule has 0 radical (unpaired) electrons. The van der Waals surface area contributed by atoms with Gasteiger partial charge in [-0.05, 0) is 38.5 Å². The quantitative estimate of drug-likeness (QED) is 0.838. The summed E-state index contributed by atoms with van der Waals surface area (Å²) in [5, 5.41) is 13.2. The van der Waals surface area contributed by atoms with Crippen molar-refractivity contribution < 1.29 is 14.7 Å². The normalized spacial score (nSPS) is 18.2. The van der Waals surface area contributed by atoms with Crippen LogP contribution in [0.2, 0.25) is 0 Å². The maximum atomic E-state index is 12.7. The second kappa shape index (κ2) is 8.13. The molecule has 23 heavy (non-hydrogen) atoms. The molecular weight excluding hydrogens is 294 g/mol. The van der Waals surface area contributed by atoms with Crippen LogP contribution in [0.1, 0.15) is 61.5 Å². The molecular formula is C17H27N3O3. The highest BCUT2D eigenvalue weighted by atomic mass is 16.4. The van der Waals surface area contributed by atoms with E-state index in [1.54, 1.807) is 6.20 Å². The third-order valence-electron chi connectivity index (χ3n) is 4.63. The monoisotopic (exact) mass is 321 g/mol. The first-order chi connectivity index (χ1) is 11.0. The molecule has 2 rings (SSSR count). The lowest BCUT2D eigenvalue weighted by atomic mass is 9.93. The van der Waals surface area contributed by atoms with E-state index in [2.05, 4.69) is 12.0 Å². The minimum atomic E-state index is -0.763. The molecule has 1 unspecified atom stereocenters. The summed E-state index contributed by atoms with van der Waals surface area (Å²) in [6.07, 6.45) is 6.60. The number of rotatable bonds is 7. The molecule has 1 amide bonds. The smallest absolute Gasteiger partial charge is 0.303 e. The van der Waals surface area contributed by atoms with E-state index in [-0.39, 0.29) is 12.3 Å². The summed E-state index contributed by atoms with van der Waals surface area (Å²) >= 11 is 0. The second-order valence-corrected chi connectivity index (χ2v) is 6.41. The molecule has 1 N–H and O–H groups in total. The van der Waals surface area contributed by atoms with Gasteiger partial charge in [-0.25, -0.2) is 0 Å². The van der Waals surface area contributed by atoms with Gasteiger partial charge in [0.15, 0.2) is 0 Å². The van der Waals surface area contributed by atoms with Crippen LogP contribution in [0.5, 0.6) is 0 Å². The van der Waals surface area contributed by atoms with E-state index in [9.17, 15) is 9.59 Å². The zero-order chi connectivity index (χ0) is 16.8. The molecule has 0 saturated carbocycles. The Morgan fingerprint density at radius 1 is 1.43 bits per heavy atom. The Morgan fingerprint density at radius 2 is 2.22 bits per heavy atom. The van der Waals surface area contributed by atoms with Crippen molar-refractivity contribution in [2.24, 2.45) is 5.92 Å². The fourth-order valence-corrected chi connectivity index (χ4v) is 3.17. The van der Waals surface area contributed by atoms with E-state index < -0.39 is 5.97 Å². The van der Waals surface area contributed by atoms with Crippen LogP contribution in [0.3, 0.4) is 0 Å². The standard InChI is InChI=1S/C17H27N3O3/c1-3-4-10-20-13(2)15(11-18-20)17(23)19-9-5-6-14(12-19)7-8-16(21)22/h11,14H,3-10,12H2,1-2H3,(H,21,22). The van der Waals surface area contributed by atoms with Crippen LogP contribution in [-0.4, -0.2) is 44.8 Å². The highest BCUT2D eigenvalue weighted by Crippen LogP contribution is 2.23. The SMILES string of the molecule is CCCCn1ncc(C(=O)N2CCCC(CCC(=O)O)C2)c1C. The van der Waals surface area contributed by atoms with Gasteiger partial charge in [-0.15, -0.1) is 0 Å². The number of aryl methyl sites for hydroxylation is 1. The lowest BCUT2D eigenvalue weighted by Gasteiger charge is -2.32. The van der Waals surface area contributed by atoms with Crippen LogP contribution in [0.25, 0.3) is 0 Å². The zero-order valence-corrected chi connectivity index (χ0v) is 14.1. The number of nitrogens with zero attached hydrogens (tertiary/aromatic N) is 3. The summed E-state index contributed by atoms with van der Waals surface area (Å²) in [6.45, 7) is 6.34. The first-order valence-electron chi connectivity index (χ1n) is 8.56. The Hall–Kier alpha value is -1.85. The van der Waals surface area contributed by atoms with Crippen molar-refractivity contribution in [3.8, 4) is 0 Å². The van der Waals surface area contributed by atoms with Crippen LogP contribution < -0.4 is 0 Å². The molecule has 1 aromatic rings. The number of amides is 1. The maximum absolute atomic E-state index is 12.7. The number of likely N-dealkylation sites (tertiary alicyclic amines) is 1. The molecule has 128 valence electrons. The van der Waals surface area contributed by atoms with E-state index >= 15 is 0 Å². The van der Waals surface area contributed by atoms with Crippen molar-refractivity contribution in [3.63, 3.8) is 0 Å². The lowest BCUT2D eigenvalue weighted by Crippen LogP contribution is -2.40. The highest BCUT2D eigenvalue weighted by Gasteiger charge is 2.26. The Morgan fingerprint density at radius 3 is 2.91 bits per heavy atom. The molecule has 0 spiro atoms. The molecule has 6 nitrogen and oxygen atoms in total. The number of carbonyl (C=O) groups is 2. The number of piperidine rings is 1. The van der Waals surface area contributed by atoms with E-state index in [0.717, 1.165) is 44.5 Å². The van der Waals surface area contributed by atoms with Crippen molar-refractivity contribution in [3.05, 3.63) is 17.5 Å². The summed E-state index contributed by atoms with van der Waals surface area (Å²) in [4.78, 5) is 25.3. The van der Waals surface area contributed by atoms with Gasteiger partial charge in [0.1, 0.15) is 0 Å². The number of hydrogen-bond donors (Lipinski definition) is 1. The first kappa shape index (κ1) is 17.5. The van der Waals surface area contributed by atoms with Gasteiger partial charge < -0.3 is 10.0 Å². The van der Waals surface area contributed by atoms with Gasteiger partial charge in [-0.2, -0.15) is 5.10 Å². The van der Waals surface area contributed by atoms with Crippen LogP contribution in [0.4, 0.5) is 0 Å². The van der Waals surface area contributed by atoms with Gasteiger partial charge in [0.05, 0.1) is 11.8 Å². The predicted octanol–water partition coefficient (Wildman–Crippen LogP) is 2.71. The molecule has 1 fully saturated rings. The molecule has 0 aliphatic carbocycles. The topological polar surface area (TPSA) is 75.4 Å². The van der Waals surface area contributed by atoms with E-state index in [1.165, 1.54) is 0 Å². The molecule has 1 aliphatic heterocycles. The van der Waals surface area contributed by atoms with Crippen molar-refractivity contribution >= 4 is 11.9 Å². The van der Waals surface area contributed by atoms with Crippen LogP contribution >= 0.6 is 0 Å². The largest absolute Gasteiger partial charge is 0.481 e. The number of aliphatic carboxylic acids is 1. The van der Waals surface area contributed by atoms with Gasteiger partial charge >= 0.3 is 5.97 Å². The Balaban J connectivity index is 1.99. The van der Waals surface area contributed by atoms with E-state index in [1.807, 2.05) is 16.5 Å². The minimum Gasteiger partial charge on any atom is -0.481 e. The van der Waals surface area contributed by atoms with Crippen LogP contribution in [0, 0.1) is 12.8 Å². The molecule has 1 atom stereocenters. The van der Waals surface area contributed by atoms with Crippen molar-refractivity contribution in [2.45, 2.75) is 58.9 Å². The third-order valence-corrected chi connectivity index (χ3v) is 4.63. The number of aromatic nitrogens is 2. The van der Waals surface area contributed by atoms with E-state index in [0.29, 0.717) is 24.4 Å². The molecule has 2 heterocycles. The number of carboxylic acids is 1. The van der Waals surface area contributed by atoms with Gasteiger partial charge in [0.25, 0.3) is 5.91 Å². The molecule has 1 aliphatic rings. The van der Waals surface area contributed by atoms with Gasteiger partial charge in [0, 0.05) is 31.7 Å². The number of unbranched alkanes of at least 4 members (excludes halogenated alkanes) is 1. The second-order valence-electron chi connectivity index (χ2n) is 6.41. The molecule has 0 aromatic carbocycles. The Bertz CT molecular complexity index is 553. The van der Waals surface area contributed by atoms with E-state index in [4.69, 9.17) is 5.11 Å². The number of hydrogen-bond acceptors (Lipinski definition) is 3. The van der Waals surface area contributed by atoms with Crippen molar-refractivity contribution in [2.75, 3.05) is 13.1 Å². The van der Waals surface area contributed by atoms with Crippen LogP contribution in [0.15, 0.2) is 6.20 Å².